The number of ketones is 1. The van der Waals surface area contributed by atoms with Gasteiger partial charge >= 0.3 is 0 Å². The Labute approximate surface area is 286 Å². The third-order valence-corrected chi connectivity index (χ3v) is 10.4. The number of benzene rings is 4. The van der Waals surface area contributed by atoms with Crippen molar-refractivity contribution in [2.45, 2.75) is 92.2 Å². The fourth-order valence-corrected chi connectivity index (χ4v) is 7.51. The highest BCUT2D eigenvalue weighted by Crippen LogP contribution is 2.33. The van der Waals surface area contributed by atoms with Crippen LogP contribution in [0.4, 0.5) is 0 Å². The Bertz CT molecular complexity index is 1920. The van der Waals surface area contributed by atoms with E-state index in [1.165, 1.54) is 95.0 Å². The van der Waals surface area contributed by atoms with Gasteiger partial charge in [-0.1, -0.05) is 127 Å². The van der Waals surface area contributed by atoms with Crippen LogP contribution in [0.2, 0.25) is 0 Å². The number of para-hydroxylation sites is 2. The zero-order valence-electron chi connectivity index (χ0n) is 29.4. The summed E-state index contributed by atoms with van der Waals surface area (Å²) >= 11 is 0. The molecule has 0 saturated carbocycles. The largest absolute Gasteiger partial charge is 0.340 e. The summed E-state index contributed by atoms with van der Waals surface area (Å²) in [5.74, 6) is 1.34. The third-order valence-electron chi connectivity index (χ3n) is 10.4. The van der Waals surface area contributed by atoms with Crippen LogP contribution < -0.4 is 0 Å². The molecule has 0 bridgehead atoms. The van der Waals surface area contributed by atoms with Crippen molar-refractivity contribution in [1.29, 1.82) is 0 Å². The Balaban J connectivity index is 1.22. The number of rotatable bonds is 16. The second kappa shape index (κ2) is 15.7. The van der Waals surface area contributed by atoms with E-state index in [1.54, 1.807) is 12.2 Å². The highest BCUT2D eigenvalue weighted by atomic mass is 16.1. The van der Waals surface area contributed by atoms with Gasteiger partial charge in [0.2, 0.25) is 0 Å². The van der Waals surface area contributed by atoms with Crippen LogP contribution in [0.1, 0.15) is 90.2 Å². The van der Waals surface area contributed by atoms with E-state index in [0.717, 1.165) is 24.2 Å². The number of aromatic nitrogens is 2. The minimum absolute atomic E-state index is 0.0107. The number of fused-ring (bicyclic) bond motifs is 6. The maximum Gasteiger partial charge on any atom is 0.178 e. The molecule has 2 unspecified atom stereocenters. The molecule has 0 radical (unpaired) electrons. The quantitative estimate of drug-likeness (QED) is 0.0971. The second-order valence-electron chi connectivity index (χ2n) is 13.7. The van der Waals surface area contributed by atoms with Crippen LogP contribution in [0.25, 0.3) is 55.8 Å². The molecule has 3 heteroatoms. The zero-order chi connectivity index (χ0) is 33.5. The Hall–Kier alpha value is -4.37. The van der Waals surface area contributed by atoms with Gasteiger partial charge in [0.15, 0.2) is 5.78 Å². The highest BCUT2D eigenvalue weighted by Gasteiger charge is 2.16. The topological polar surface area (TPSA) is 26.9 Å². The molecule has 3 nitrogen and oxygen atoms in total. The number of carbonyl (C=O) groups excluding carboxylic acids is 1. The molecule has 0 aliphatic rings. The van der Waals surface area contributed by atoms with Crippen molar-refractivity contribution >= 4 is 61.5 Å². The molecule has 0 aliphatic carbocycles. The van der Waals surface area contributed by atoms with Gasteiger partial charge in [-0.2, -0.15) is 0 Å². The molecule has 0 amide bonds. The highest BCUT2D eigenvalue weighted by molar-refractivity contribution is 6.10. The minimum atomic E-state index is -0.0107. The van der Waals surface area contributed by atoms with E-state index >= 15 is 0 Å². The molecule has 6 aromatic rings. The third kappa shape index (κ3) is 7.21. The second-order valence-corrected chi connectivity index (χ2v) is 13.7. The van der Waals surface area contributed by atoms with Crippen molar-refractivity contribution in [3.63, 3.8) is 0 Å². The summed E-state index contributed by atoms with van der Waals surface area (Å²) in [6.45, 7) is 11.3. The number of hydrogen-bond acceptors (Lipinski definition) is 1. The Kier molecular flexibility index (Phi) is 11.0. The molecule has 248 valence electrons. The molecule has 0 aliphatic heterocycles. The molecule has 6 rings (SSSR count). The number of hydrogen-bond donors (Lipinski definition) is 0. The predicted octanol–water partition coefficient (Wildman–Crippen LogP) is 12.6. The average Bonchev–Trinajstić information content (AvgIpc) is 3.61. The Morgan fingerprint density at radius 1 is 0.562 bits per heavy atom. The van der Waals surface area contributed by atoms with Gasteiger partial charge in [-0.15, -0.1) is 0 Å². The molecule has 2 aromatic heterocycles. The van der Waals surface area contributed by atoms with Crippen LogP contribution in [0.3, 0.4) is 0 Å². The van der Waals surface area contributed by atoms with Gasteiger partial charge in [0.05, 0.1) is 0 Å². The standard InChI is InChI=1S/C45H52N2O/c1-5-9-15-33(7-3)31-46-42-19-13-11-17-38(42)40-29-35(23-27-44(40)46)21-25-37(48)26-22-36-24-28-45-41(30-36)39-18-12-14-20-43(39)47(45)32-34(8-4)16-10-6-2/h11-14,17-30,33-34H,5-10,15-16,31-32H2,1-4H3. The average molecular weight is 637 g/mol. The van der Waals surface area contributed by atoms with Gasteiger partial charge in [0.1, 0.15) is 0 Å². The molecule has 0 fully saturated rings. The van der Waals surface area contributed by atoms with E-state index < -0.39 is 0 Å². The normalized spacial score (nSPS) is 13.6. The van der Waals surface area contributed by atoms with Crippen LogP contribution in [-0.2, 0) is 17.9 Å². The first-order chi connectivity index (χ1) is 23.5. The van der Waals surface area contributed by atoms with Crippen molar-refractivity contribution in [1.82, 2.24) is 9.13 Å². The van der Waals surface area contributed by atoms with Crippen molar-refractivity contribution in [2.24, 2.45) is 11.8 Å². The van der Waals surface area contributed by atoms with Gasteiger partial charge in [-0.25, -0.2) is 0 Å². The number of allylic oxidation sites excluding steroid dienone is 2. The van der Waals surface area contributed by atoms with E-state index in [2.05, 4.69) is 122 Å². The van der Waals surface area contributed by atoms with E-state index in [-0.39, 0.29) is 5.78 Å². The molecule has 2 atom stereocenters. The van der Waals surface area contributed by atoms with E-state index in [1.807, 2.05) is 12.2 Å². The summed E-state index contributed by atoms with van der Waals surface area (Å²) in [7, 11) is 0. The van der Waals surface area contributed by atoms with Crippen LogP contribution in [-0.4, -0.2) is 14.9 Å². The molecular weight excluding hydrogens is 585 g/mol. The summed E-state index contributed by atoms with van der Waals surface area (Å²) in [5, 5.41) is 5.07. The molecule has 0 saturated heterocycles. The van der Waals surface area contributed by atoms with Crippen molar-refractivity contribution < 1.29 is 4.79 Å². The maximum absolute atomic E-state index is 13.0. The van der Waals surface area contributed by atoms with Gasteiger partial charge in [0.25, 0.3) is 0 Å². The lowest BCUT2D eigenvalue weighted by Crippen LogP contribution is -2.10. The van der Waals surface area contributed by atoms with Crippen LogP contribution in [0.15, 0.2) is 97.1 Å². The lowest BCUT2D eigenvalue weighted by atomic mass is 9.99. The summed E-state index contributed by atoms with van der Waals surface area (Å²) in [4.78, 5) is 13.0. The fourth-order valence-electron chi connectivity index (χ4n) is 7.51. The maximum atomic E-state index is 13.0. The Morgan fingerprint density at radius 2 is 0.979 bits per heavy atom. The molecule has 48 heavy (non-hydrogen) atoms. The van der Waals surface area contributed by atoms with Gasteiger partial charge in [0, 0.05) is 56.7 Å². The molecule has 0 N–H and O–H groups in total. The summed E-state index contributed by atoms with van der Waals surface area (Å²) < 4.78 is 5.03. The van der Waals surface area contributed by atoms with Crippen molar-refractivity contribution in [3.05, 3.63) is 108 Å². The van der Waals surface area contributed by atoms with Gasteiger partial charge < -0.3 is 9.13 Å². The van der Waals surface area contributed by atoms with Gasteiger partial charge in [-0.3, -0.25) is 4.79 Å². The molecule has 0 spiro atoms. The smallest absolute Gasteiger partial charge is 0.178 e. The Morgan fingerprint density at radius 3 is 1.40 bits per heavy atom. The lowest BCUT2D eigenvalue weighted by molar-refractivity contribution is -0.110. The monoisotopic (exact) mass is 636 g/mol. The molecule has 4 aromatic carbocycles. The first-order valence-corrected chi connectivity index (χ1v) is 18.5. The van der Waals surface area contributed by atoms with Crippen LogP contribution in [0.5, 0.6) is 0 Å². The zero-order valence-corrected chi connectivity index (χ0v) is 29.4. The first-order valence-electron chi connectivity index (χ1n) is 18.5. The molecule has 2 heterocycles. The SMILES string of the molecule is CCCCC(CC)Cn1c2ccccc2c2cc(C=CC(=O)C=Cc3ccc4c(c3)c3ccccc3n4CC(CC)CCCC)ccc21. The lowest BCUT2D eigenvalue weighted by Gasteiger charge is -2.17. The van der Waals surface area contributed by atoms with E-state index in [9.17, 15) is 4.79 Å². The number of unbranched alkanes of at least 4 members (excludes halogenated alkanes) is 2. The summed E-state index contributed by atoms with van der Waals surface area (Å²) in [6.07, 6.45) is 17.3. The predicted molar refractivity (Wildman–Crippen MR) is 209 cm³/mol. The molecular formula is C45H52N2O. The minimum Gasteiger partial charge on any atom is -0.340 e. The fraction of sp³-hybridized carbons (Fsp3) is 0.356. The summed E-state index contributed by atoms with van der Waals surface area (Å²) in [6, 6.07) is 30.7. The number of carbonyl (C=O) groups is 1. The number of nitrogens with zero attached hydrogens (tertiary/aromatic N) is 2. The van der Waals surface area contributed by atoms with Crippen LogP contribution in [0, 0.1) is 11.8 Å². The van der Waals surface area contributed by atoms with Crippen LogP contribution >= 0.6 is 0 Å². The first kappa shape index (κ1) is 33.5. The van der Waals surface area contributed by atoms with Crippen molar-refractivity contribution in [2.75, 3.05) is 0 Å². The summed E-state index contributed by atoms with van der Waals surface area (Å²) in [5.41, 5.74) is 7.23. The van der Waals surface area contributed by atoms with E-state index in [0.29, 0.717) is 11.8 Å². The van der Waals surface area contributed by atoms with Gasteiger partial charge in [-0.05, 0) is 84.4 Å². The van der Waals surface area contributed by atoms with Crippen molar-refractivity contribution in [3.8, 4) is 0 Å². The van der Waals surface area contributed by atoms with E-state index in [4.69, 9.17) is 0 Å².